The summed E-state index contributed by atoms with van der Waals surface area (Å²) in [5.41, 5.74) is 1.75. The number of halogens is 2. The van der Waals surface area contributed by atoms with E-state index >= 15 is 0 Å². The average molecular weight is 478 g/mol. The third kappa shape index (κ3) is 3.66. The van der Waals surface area contributed by atoms with Gasteiger partial charge in [0.2, 0.25) is 0 Å². The quantitative estimate of drug-likeness (QED) is 0.458. The molecule has 1 N–H and O–H groups in total. The molecule has 0 radical (unpaired) electrons. The van der Waals surface area contributed by atoms with Crippen molar-refractivity contribution in [2.24, 2.45) is 0 Å². The molecule has 7 nitrogen and oxygen atoms in total. The van der Waals surface area contributed by atoms with Gasteiger partial charge in [0.15, 0.2) is 4.96 Å². The smallest absolute Gasteiger partial charge is 0.272 e. The first kappa shape index (κ1) is 21.6. The van der Waals surface area contributed by atoms with Gasteiger partial charge in [-0.3, -0.25) is 14.0 Å². The topological polar surface area (TPSA) is 75.9 Å². The lowest BCUT2D eigenvalue weighted by molar-refractivity contribution is -0.120. The summed E-state index contributed by atoms with van der Waals surface area (Å²) in [7, 11) is 1.57. The maximum absolute atomic E-state index is 14.3. The molecule has 0 saturated heterocycles. The van der Waals surface area contributed by atoms with Gasteiger partial charge in [-0.05, 0) is 30.3 Å². The molecule has 2 aromatic heterocycles. The second kappa shape index (κ2) is 8.28. The largest absolute Gasteiger partial charge is 0.489 e. The number of fused-ring (bicyclic) bond motifs is 2. The summed E-state index contributed by atoms with van der Waals surface area (Å²) < 4.78 is 34.9. The molecule has 0 unspecified atom stereocenters. The van der Waals surface area contributed by atoms with Crippen LogP contribution >= 0.6 is 11.3 Å². The first-order valence-electron chi connectivity index (χ1n) is 10.1. The molecule has 3 heterocycles. The first-order chi connectivity index (χ1) is 16.4. The summed E-state index contributed by atoms with van der Waals surface area (Å²) in [6, 6.07) is 7.36. The van der Waals surface area contributed by atoms with Crippen LogP contribution < -0.4 is 15.0 Å². The van der Waals surface area contributed by atoms with Crippen LogP contribution in [0.1, 0.15) is 16.1 Å². The van der Waals surface area contributed by atoms with E-state index in [2.05, 4.69) is 16.2 Å². The number of carbonyl (C=O) groups is 2. The monoisotopic (exact) mass is 478 g/mol. The van der Waals surface area contributed by atoms with E-state index < -0.39 is 23.6 Å². The summed E-state index contributed by atoms with van der Waals surface area (Å²) in [5, 5.41) is 4.32. The number of ether oxygens (including phenoxy) is 1. The Morgan fingerprint density at radius 3 is 2.88 bits per heavy atom. The van der Waals surface area contributed by atoms with Crippen LogP contribution in [-0.2, 0) is 4.79 Å². The lowest BCUT2D eigenvalue weighted by Gasteiger charge is -2.20. The van der Waals surface area contributed by atoms with Crippen molar-refractivity contribution in [3.05, 3.63) is 70.9 Å². The highest BCUT2D eigenvalue weighted by Crippen LogP contribution is 2.32. The van der Waals surface area contributed by atoms with Crippen LogP contribution in [0.2, 0.25) is 0 Å². The number of rotatable bonds is 3. The van der Waals surface area contributed by atoms with Gasteiger partial charge in [0.25, 0.3) is 11.8 Å². The SMILES string of the molecule is C#Cc1ccc2c(c1)N(C)C(=O)[C@@H](NC(=O)c1cn3c(-c4ccc(F)cc4F)csc3n1)CO2. The highest BCUT2D eigenvalue weighted by atomic mass is 32.1. The maximum Gasteiger partial charge on any atom is 0.272 e. The standard InChI is InChI=1S/C24H16F2N4O3S/c1-3-13-4-7-21-19(8-13)29(2)23(32)18(11-33-21)27-22(31)17-10-30-20(12-34-24(30)28-17)15-6-5-14(25)9-16(15)26/h1,4-10,12,18H,11H2,2H3,(H,27,31)/t18-/m0/s1. The second-order valence-corrected chi connectivity index (χ2v) is 8.42. The van der Waals surface area contributed by atoms with Crippen LogP contribution in [0.5, 0.6) is 5.75 Å². The second-order valence-electron chi connectivity index (χ2n) is 7.58. The molecule has 5 rings (SSSR count). The lowest BCUT2D eigenvalue weighted by Crippen LogP contribution is -2.49. The lowest BCUT2D eigenvalue weighted by atomic mass is 10.1. The number of thiazole rings is 1. The number of nitrogens with one attached hydrogen (secondary N) is 1. The summed E-state index contributed by atoms with van der Waals surface area (Å²) in [4.78, 5) is 32.0. The highest BCUT2D eigenvalue weighted by molar-refractivity contribution is 7.15. The molecule has 2 amide bonds. The minimum Gasteiger partial charge on any atom is -0.489 e. The minimum atomic E-state index is -0.965. The molecule has 1 aliphatic rings. The maximum atomic E-state index is 14.3. The molecular formula is C24H16F2N4O3S. The van der Waals surface area contributed by atoms with Gasteiger partial charge in [0, 0.05) is 35.8 Å². The Balaban J connectivity index is 1.39. The summed E-state index contributed by atoms with van der Waals surface area (Å²) in [6.45, 7) is -0.0778. The minimum absolute atomic E-state index is 0.0439. The number of benzene rings is 2. The van der Waals surface area contributed by atoms with Crippen LogP contribution in [0.4, 0.5) is 14.5 Å². The third-order valence-corrected chi connectivity index (χ3v) is 6.32. The van der Waals surface area contributed by atoms with E-state index in [0.29, 0.717) is 27.7 Å². The third-order valence-electron chi connectivity index (χ3n) is 5.48. The van der Waals surface area contributed by atoms with Crippen LogP contribution in [0.15, 0.2) is 48.0 Å². The zero-order valence-electron chi connectivity index (χ0n) is 17.7. The number of nitrogens with zero attached hydrogens (tertiary/aromatic N) is 3. The Morgan fingerprint density at radius 2 is 2.12 bits per heavy atom. The number of aromatic nitrogens is 2. The van der Waals surface area contributed by atoms with Crippen molar-refractivity contribution in [2.45, 2.75) is 6.04 Å². The van der Waals surface area contributed by atoms with E-state index in [-0.39, 0.29) is 23.8 Å². The van der Waals surface area contributed by atoms with Crippen molar-refractivity contribution in [1.29, 1.82) is 0 Å². The zero-order valence-corrected chi connectivity index (χ0v) is 18.5. The van der Waals surface area contributed by atoms with Gasteiger partial charge < -0.3 is 15.0 Å². The predicted molar refractivity (Wildman–Crippen MR) is 123 cm³/mol. The predicted octanol–water partition coefficient (Wildman–Crippen LogP) is 3.48. The Labute approximate surface area is 196 Å². The summed E-state index contributed by atoms with van der Waals surface area (Å²) in [5.74, 6) is 0.609. The molecule has 0 aliphatic carbocycles. The number of hydrogen-bond donors (Lipinski definition) is 1. The molecule has 0 saturated carbocycles. The van der Waals surface area contributed by atoms with Gasteiger partial charge in [-0.15, -0.1) is 17.8 Å². The Morgan fingerprint density at radius 1 is 1.29 bits per heavy atom. The molecule has 0 fully saturated rings. The van der Waals surface area contributed by atoms with E-state index in [1.807, 2.05) is 0 Å². The van der Waals surface area contributed by atoms with Crippen molar-refractivity contribution in [2.75, 3.05) is 18.6 Å². The zero-order chi connectivity index (χ0) is 24.0. The molecule has 0 bridgehead atoms. The number of terminal acetylenes is 1. The fraction of sp³-hybridized carbons (Fsp3) is 0.125. The Hall–Kier alpha value is -4.23. The fourth-order valence-electron chi connectivity index (χ4n) is 3.71. The number of hydrogen-bond acceptors (Lipinski definition) is 5. The van der Waals surface area contributed by atoms with E-state index in [9.17, 15) is 18.4 Å². The Bertz CT molecular complexity index is 1500. The summed E-state index contributed by atoms with van der Waals surface area (Å²) >= 11 is 1.20. The van der Waals surface area contributed by atoms with Gasteiger partial charge in [-0.1, -0.05) is 5.92 Å². The van der Waals surface area contributed by atoms with Gasteiger partial charge in [-0.2, -0.15) is 0 Å². The molecule has 1 aliphatic heterocycles. The van der Waals surface area contributed by atoms with Crippen LogP contribution in [0, 0.1) is 24.0 Å². The fourth-order valence-corrected chi connectivity index (χ4v) is 4.58. The normalized spacial score (nSPS) is 15.4. The van der Waals surface area contributed by atoms with Gasteiger partial charge >= 0.3 is 0 Å². The van der Waals surface area contributed by atoms with Gasteiger partial charge in [0.1, 0.15) is 35.7 Å². The van der Waals surface area contributed by atoms with E-state index in [4.69, 9.17) is 11.2 Å². The number of amides is 2. The van der Waals surface area contributed by atoms with Crippen LogP contribution in [-0.4, -0.2) is 40.9 Å². The highest BCUT2D eigenvalue weighted by Gasteiger charge is 2.31. The molecule has 4 aromatic rings. The number of likely N-dealkylation sites (N-methyl/N-ethyl adjacent to an activating group) is 1. The molecular weight excluding hydrogens is 462 g/mol. The van der Waals surface area contributed by atoms with Crippen molar-refractivity contribution in [3.8, 4) is 29.4 Å². The van der Waals surface area contributed by atoms with E-state index in [1.165, 1.54) is 28.5 Å². The molecule has 10 heteroatoms. The van der Waals surface area contributed by atoms with Crippen molar-refractivity contribution in [1.82, 2.24) is 14.7 Å². The number of imidazole rings is 1. The Kier molecular flexibility index (Phi) is 5.26. The molecule has 0 spiro atoms. The number of carbonyl (C=O) groups excluding carboxylic acids is 2. The van der Waals surface area contributed by atoms with Crippen molar-refractivity contribution < 1.29 is 23.1 Å². The van der Waals surface area contributed by atoms with Crippen molar-refractivity contribution in [3.63, 3.8) is 0 Å². The molecule has 2 aromatic carbocycles. The molecule has 1 atom stereocenters. The summed E-state index contributed by atoms with van der Waals surface area (Å²) in [6.07, 6.45) is 6.89. The van der Waals surface area contributed by atoms with Crippen LogP contribution in [0.3, 0.4) is 0 Å². The van der Waals surface area contributed by atoms with Crippen molar-refractivity contribution >= 4 is 33.8 Å². The number of anilines is 1. The van der Waals surface area contributed by atoms with Crippen LogP contribution in [0.25, 0.3) is 16.2 Å². The van der Waals surface area contributed by atoms with Gasteiger partial charge in [0.05, 0.1) is 11.4 Å². The van der Waals surface area contributed by atoms with E-state index in [1.54, 1.807) is 35.0 Å². The van der Waals surface area contributed by atoms with E-state index in [0.717, 1.165) is 12.1 Å². The average Bonchev–Trinajstić information content (AvgIpc) is 3.39. The molecule has 170 valence electrons. The van der Waals surface area contributed by atoms with Gasteiger partial charge in [-0.25, -0.2) is 13.8 Å². The first-order valence-corrected chi connectivity index (χ1v) is 11.0. The molecule has 34 heavy (non-hydrogen) atoms.